The molecule has 0 bridgehead atoms. The first kappa shape index (κ1) is 23.9. The number of ether oxygens (including phenoxy) is 1. The maximum atomic E-state index is 13.3. The van der Waals surface area contributed by atoms with Crippen molar-refractivity contribution in [3.05, 3.63) is 28.3 Å². The third-order valence-corrected chi connectivity index (χ3v) is 7.82. The number of likely N-dealkylation sites (tertiary alicyclic amines) is 1. The van der Waals surface area contributed by atoms with Crippen molar-refractivity contribution in [1.29, 1.82) is 5.26 Å². The quantitative estimate of drug-likeness (QED) is 0.669. The number of aliphatic hydroxyl groups is 1. The summed E-state index contributed by atoms with van der Waals surface area (Å²) in [4.78, 5) is 15.3. The molecule has 1 saturated heterocycles. The van der Waals surface area contributed by atoms with Gasteiger partial charge in [-0.2, -0.15) is 5.26 Å². The van der Waals surface area contributed by atoms with E-state index in [-0.39, 0.29) is 18.4 Å². The average Bonchev–Trinajstić information content (AvgIpc) is 2.73. The van der Waals surface area contributed by atoms with E-state index in [1.54, 1.807) is 12.1 Å². The molecule has 1 aromatic carbocycles. The monoisotopic (exact) mass is 446 g/mol. The second kappa shape index (κ2) is 9.79. The molecule has 1 amide bonds. The molecule has 170 valence electrons. The fraction of sp³-hybridized carbons (Fsp3) is 0.680. The Morgan fingerprint density at radius 1 is 1.32 bits per heavy atom. The Morgan fingerprint density at radius 3 is 2.71 bits per heavy atom. The number of methoxy groups -OCH3 is 1. The molecule has 1 N–H and O–H groups in total. The largest absolute Gasteiger partial charge is 0.495 e. The summed E-state index contributed by atoms with van der Waals surface area (Å²) in [6.45, 7) is 6.68. The van der Waals surface area contributed by atoms with E-state index in [0.717, 1.165) is 32.2 Å². The van der Waals surface area contributed by atoms with Crippen molar-refractivity contribution in [2.75, 3.05) is 13.7 Å². The van der Waals surface area contributed by atoms with E-state index in [0.29, 0.717) is 39.7 Å². The van der Waals surface area contributed by atoms with E-state index in [1.807, 2.05) is 18.7 Å². The number of amides is 1. The van der Waals surface area contributed by atoms with Gasteiger partial charge in [0.25, 0.3) is 0 Å². The van der Waals surface area contributed by atoms with Crippen molar-refractivity contribution < 1.29 is 14.6 Å². The third-order valence-electron chi connectivity index (χ3n) is 7.41. The molecular weight excluding hydrogens is 412 g/mol. The second-order valence-electron chi connectivity index (χ2n) is 9.88. The Labute approximate surface area is 191 Å². The third kappa shape index (κ3) is 5.35. The van der Waals surface area contributed by atoms with Gasteiger partial charge in [0.15, 0.2) is 0 Å². The van der Waals surface area contributed by atoms with Gasteiger partial charge in [0, 0.05) is 18.2 Å². The number of hydrogen-bond acceptors (Lipinski definition) is 4. The number of halogens is 1. The predicted octanol–water partition coefficient (Wildman–Crippen LogP) is 4.97. The van der Waals surface area contributed by atoms with Gasteiger partial charge >= 0.3 is 0 Å². The van der Waals surface area contributed by atoms with E-state index in [1.165, 1.54) is 20.0 Å². The van der Waals surface area contributed by atoms with Crippen LogP contribution in [-0.2, 0) is 11.2 Å². The summed E-state index contributed by atoms with van der Waals surface area (Å²) in [7, 11) is 1.53. The summed E-state index contributed by atoms with van der Waals surface area (Å²) < 4.78 is 5.28. The van der Waals surface area contributed by atoms with E-state index < -0.39 is 5.60 Å². The molecule has 3 rings (SSSR count). The van der Waals surface area contributed by atoms with Crippen molar-refractivity contribution in [3.63, 3.8) is 0 Å². The summed E-state index contributed by atoms with van der Waals surface area (Å²) in [6.07, 6.45) is 6.56. The molecule has 1 saturated carbocycles. The topological polar surface area (TPSA) is 73.6 Å². The van der Waals surface area contributed by atoms with Crippen LogP contribution in [0, 0.1) is 29.1 Å². The van der Waals surface area contributed by atoms with Gasteiger partial charge in [-0.25, -0.2) is 0 Å². The molecule has 1 aliphatic heterocycles. The van der Waals surface area contributed by atoms with Crippen molar-refractivity contribution in [1.82, 2.24) is 4.90 Å². The van der Waals surface area contributed by atoms with E-state index in [9.17, 15) is 15.2 Å². The molecule has 1 aromatic rings. The zero-order valence-electron chi connectivity index (χ0n) is 19.2. The Kier molecular flexibility index (Phi) is 7.55. The van der Waals surface area contributed by atoms with Gasteiger partial charge < -0.3 is 14.7 Å². The van der Waals surface area contributed by atoms with Crippen molar-refractivity contribution >= 4 is 17.5 Å². The fourth-order valence-corrected chi connectivity index (χ4v) is 6.01. The lowest BCUT2D eigenvalue weighted by atomic mass is 9.64. The van der Waals surface area contributed by atoms with Crippen LogP contribution in [0.25, 0.3) is 0 Å². The minimum atomic E-state index is -0.621. The van der Waals surface area contributed by atoms with Crippen LogP contribution in [0.15, 0.2) is 12.1 Å². The first-order valence-electron chi connectivity index (χ1n) is 11.4. The molecule has 31 heavy (non-hydrogen) atoms. The molecule has 2 aliphatic rings. The molecule has 5 nitrogen and oxygen atoms in total. The van der Waals surface area contributed by atoms with Gasteiger partial charge in [-0.1, -0.05) is 24.4 Å². The number of nitrogens with zero attached hydrogens (tertiary/aromatic N) is 2. The van der Waals surface area contributed by atoms with Crippen LogP contribution in [0.4, 0.5) is 0 Å². The Bertz CT molecular complexity index is 842. The first-order chi connectivity index (χ1) is 14.7. The summed E-state index contributed by atoms with van der Waals surface area (Å²) in [6, 6.07) is 5.66. The molecular formula is C25H35ClN2O3. The van der Waals surface area contributed by atoms with Crippen LogP contribution >= 0.6 is 11.6 Å². The molecule has 4 unspecified atom stereocenters. The Balaban J connectivity index is 1.72. The lowest BCUT2D eigenvalue weighted by Crippen LogP contribution is -2.53. The van der Waals surface area contributed by atoms with Crippen molar-refractivity contribution in [2.45, 2.75) is 77.4 Å². The number of hydrogen-bond donors (Lipinski definition) is 1. The van der Waals surface area contributed by atoms with Gasteiger partial charge in [-0.05, 0) is 76.3 Å². The second-order valence-corrected chi connectivity index (χ2v) is 10.3. The molecule has 1 heterocycles. The summed E-state index contributed by atoms with van der Waals surface area (Å²) in [5.41, 5.74) is 0.351. The minimum Gasteiger partial charge on any atom is -0.495 e. The molecule has 4 atom stereocenters. The van der Waals surface area contributed by atoms with Gasteiger partial charge in [0.05, 0.1) is 35.8 Å². The van der Waals surface area contributed by atoms with Crippen LogP contribution in [0.5, 0.6) is 5.75 Å². The minimum absolute atomic E-state index is 0.0243. The zero-order chi connectivity index (χ0) is 22.8. The van der Waals surface area contributed by atoms with Gasteiger partial charge in [-0.15, -0.1) is 0 Å². The van der Waals surface area contributed by atoms with Gasteiger partial charge in [-0.3, -0.25) is 4.79 Å². The molecule has 2 fully saturated rings. The molecule has 0 spiro atoms. The molecule has 0 radical (unpaired) electrons. The number of carbonyl (C=O) groups excluding carboxylic acids is 1. The number of nitriles is 1. The predicted molar refractivity (Wildman–Crippen MR) is 122 cm³/mol. The maximum Gasteiger partial charge on any atom is 0.227 e. The zero-order valence-corrected chi connectivity index (χ0v) is 19.9. The highest BCUT2D eigenvalue weighted by Gasteiger charge is 2.42. The molecule has 6 heteroatoms. The summed E-state index contributed by atoms with van der Waals surface area (Å²) in [5.74, 6) is 2.25. The van der Waals surface area contributed by atoms with E-state index >= 15 is 0 Å². The van der Waals surface area contributed by atoms with Crippen molar-refractivity contribution in [2.24, 2.45) is 17.8 Å². The number of fused-ring (bicyclic) bond motifs is 1. The van der Waals surface area contributed by atoms with Crippen LogP contribution in [-0.4, -0.2) is 41.2 Å². The molecule has 1 aliphatic carbocycles. The van der Waals surface area contributed by atoms with E-state index in [2.05, 4.69) is 13.0 Å². The van der Waals surface area contributed by atoms with Crippen LogP contribution in [0.2, 0.25) is 5.02 Å². The average molecular weight is 447 g/mol. The SMILES string of the molecule is COc1ccc(C#N)c(CC(=O)N2CCC3C(CCC(C)(C)O)CCCC3C2C)c1Cl. The van der Waals surface area contributed by atoms with Crippen LogP contribution in [0.3, 0.4) is 0 Å². The lowest BCUT2D eigenvalue weighted by Gasteiger charge is -2.50. The number of piperidine rings is 1. The highest BCUT2D eigenvalue weighted by molar-refractivity contribution is 6.33. The summed E-state index contributed by atoms with van der Waals surface area (Å²) in [5, 5.41) is 20.0. The summed E-state index contributed by atoms with van der Waals surface area (Å²) >= 11 is 6.45. The highest BCUT2D eigenvalue weighted by atomic mass is 35.5. The Morgan fingerprint density at radius 2 is 2.06 bits per heavy atom. The van der Waals surface area contributed by atoms with E-state index in [4.69, 9.17) is 16.3 Å². The normalized spacial score (nSPS) is 26.2. The van der Waals surface area contributed by atoms with Crippen LogP contribution < -0.4 is 4.74 Å². The Hall–Kier alpha value is -1.77. The first-order valence-corrected chi connectivity index (χ1v) is 11.8. The molecule has 0 aromatic heterocycles. The maximum absolute atomic E-state index is 13.3. The number of rotatable bonds is 6. The lowest BCUT2D eigenvalue weighted by molar-refractivity contribution is -0.138. The highest BCUT2D eigenvalue weighted by Crippen LogP contribution is 2.45. The van der Waals surface area contributed by atoms with Gasteiger partial charge in [0.2, 0.25) is 5.91 Å². The number of benzene rings is 1. The fourth-order valence-electron chi connectivity index (χ4n) is 5.70. The van der Waals surface area contributed by atoms with Crippen molar-refractivity contribution in [3.8, 4) is 11.8 Å². The van der Waals surface area contributed by atoms with Crippen LogP contribution in [0.1, 0.15) is 70.4 Å². The van der Waals surface area contributed by atoms with Gasteiger partial charge in [0.1, 0.15) is 5.75 Å². The number of carbonyl (C=O) groups is 1. The smallest absolute Gasteiger partial charge is 0.227 e. The standard InChI is InChI=1S/C25H35ClN2O3/c1-16-19-7-5-6-17(10-12-25(2,3)30)20(19)11-13-28(16)23(29)14-21-18(15-27)8-9-22(31-4)24(21)26/h8-9,16-17,19-20,30H,5-7,10-14H2,1-4H3.